The molecule has 1 unspecified atom stereocenters. The van der Waals surface area contributed by atoms with Crippen LogP contribution in [0.1, 0.15) is 30.0 Å². The van der Waals surface area contributed by atoms with Crippen molar-refractivity contribution in [3.05, 3.63) is 66.2 Å². The summed E-state index contributed by atoms with van der Waals surface area (Å²) >= 11 is 1.48. The zero-order chi connectivity index (χ0) is 25.5. The lowest BCUT2D eigenvalue weighted by atomic mass is 10.1. The number of fused-ring (bicyclic) bond motifs is 1. The van der Waals surface area contributed by atoms with Crippen LogP contribution < -0.4 is 0 Å². The van der Waals surface area contributed by atoms with Crippen LogP contribution >= 0.6 is 11.8 Å². The van der Waals surface area contributed by atoms with Gasteiger partial charge in [-0.25, -0.2) is 4.52 Å². The van der Waals surface area contributed by atoms with Crippen LogP contribution in [0.5, 0.6) is 0 Å². The van der Waals surface area contributed by atoms with Crippen molar-refractivity contribution >= 4 is 23.6 Å². The van der Waals surface area contributed by atoms with Crippen LogP contribution in [0.25, 0.3) is 16.6 Å². The molecule has 5 rings (SSSR count). The highest BCUT2D eigenvalue weighted by atomic mass is 32.2. The molecule has 0 spiro atoms. The molecule has 1 atom stereocenters. The van der Waals surface area contributed by atoms with Gasteiger partial charge in [-0.3, -0.25) is 4.68 Å². The zero-order valence-electron chi connectivity index (χ0n) is 19.8. The number of carbonyl (C=O) groups excluding carboxylic acids is 1. The number of nitriles is 2. The Morgan fingerprint density at radius 1 is 1.11 bits per heavy atom. The molecule has 0 radical (unpaired) electrons. The Morgan fingerprint density at radius 2 is 1.89 bits per heavy atom. The van der Waals surface area contributed by atoms with Gasteiger partial charge in [-0.1, -0.05) is 23.9 Å². The third-order valence-corrected chi connectivity index (χ3v) is 7.01. The van der Waals surface area contributed by atoms with Crippen molar-refractivity contribution < 1.29 is 9.90 Å². The molecule has 3 aromatic heterocycles. The molecule has 1 N–H and O–H groups in total. The van der Waals surface area contributed by atoms with Crippen molar-refractivity contribution in [2.75, 3.05) is 26.7 Å². The standard InChI is InChI=1S/C24H21N7S.C2H4O2/c1-29-8-4-6-21(16-29)30-15-20(13-27-30)18-9-23(24-19(11-26)12-28-31(24)14-18)32-22-7-3-2-5-17(22)10-25;3-1-2-4/h2-3,5,7,9,12-15,21H,4,6,8,16H2,1H3;1,4H,2H2. The van der Waals surface area contributed by atoms with E-state index in [0.29, 0.717) is 23.5 Å². The van der Waals surface area contributed by atoms with E-state index < -0.39 is 0 Å². The van der Waals surface area contributed by atoms with Crippen LogP contribution in [0.4, 0.5) is 0 Å². The van der Waals surface area contributed by atoms with E-state index >= 15 is 0 Å². The van der Waals surface area contributed by atoms with Gasteiger partial charge in [-0.2, -0.15) is 20.7 Å². The Bertz CT molecular complexity index is 1450. The average Bonchev–Trinajstić information content (AvgIpc) is 3.57. The van der Waals surface area contributed by atoms with Crippen LogP contribution in [-0.4, -0.2) is 62.4 Å². The number of aromatic nitrogens is 4. The van der Waals surface area contributed by atoms with Gasteiger partial charge in [0.1, 0.15) is 18.4 Å². The Balaban J connectivity index is 0.000000709. The van der Waals surface area contributed by atoms with Gasteiger partial charge in [0.2, 0.25) is 0 Å². The monoisotopic (exact) mass is 499 g/mol. The van der Waals surface area contributed by atoms with Crippen molar-refractivity contribution in [2.24, 2.45) is 0 Å². The van der Waals surface area contributed by atoms with E-state index in [2.05, 4.69) is 51.2 Å². The summed E-state index contributed by atoms with van der Waals surface area (Å²) in [6, 6.07) is 14.4. The lowest BCUT2D eigenvalue weighted by Crippen LogP contribution is -2.33. The van der Waals surface area contributed by atoms with Crippen molar-refractivity contribution in [2.45, 2.75) is 28.7 Å². The van der Waals surface area contributed by atoms with E-state index in [4.69, 9.17) is 9.90 Å². The first-order chi connectivity index (χ1) is 17.6. The van der Waals surface area contributed by atoms with Crippen LogP contribution in [0, 0.1) is 22.7 Å². The topological polar surface area (TPSA) is 123 Å². The number of carbonyl (C=O) groups is 1. The van der Waals surface area contributed by atoms with E-state index in [1.54, 1.807) is 16.8 Å². The van der Waals surface area contributed by atoms with E-state index in [9.17, 15) is 10.5 Å². The summed E-state index contributed by atoms with van der Waals surface area (Å²) < 4.78 is 3.81. The molecule has 36 heavy (non-hydrogen) atoms. The first-order valence-electron chi connectivity index (χ1n) is 11.4. The summed E-state index contributed by atoms with van der Waals surface area (Å²) in [5, 5.41) is 35.7. The third kappa shape index (κ3) is 5.47. The third-order valence-electron chi connectivity index (χ3n) is 5.91. The van der Waals surface area contributed by atoms with Crippen molar-refractivity contribution in [3.8, 4) is 23.3 Å². The van der Waals surface area contributed by atoms with E-state index in [1.807, 2.05) is 30.6 Å². The highest BCUT2D eigenvalue weighted by Crippen LogP contribution is 2.37. The summed E-state index contributed by atoms with van der Waals surface area (Å²) in [6.07, 6.45) is 10.2. The van der Waals surface area contributed by atoms with Gasteiger partial charge in [0.15, 0.2) is 0 Å². The molecule has 1 aliphatic heterocycles. The highest BCUT2D eigenvalue weighted by molar-refractivity contribution is 7.99. The molecule has 10 heteroatoms. The lowest BCUT2D eigenvalue weighted by molar-refractivity contribution is -0.110. The van der Waals surface area contributed by atoms with Gasteiger partial charge in [0.05, 0.1) is 41.7 Å². The maximum Gasteiger partial charge on any atom is 0.145 e. The number of piperidine rings is 1. The molecule has 1 aliphatic rings. The minimum atomic E-state index is -0.361. The number of likely N-dealkylation sites (N-methyl/N-ethyl adjacent to an activating group) is 1. The molecule has 1 fully saturated rings. The normalized spacial score (nSPS) is 15.5. The molecule has 9 nitrogen and oxygen atoms in total. The second-order valence-corrected chi connectivity index (χ2v) is 9.47. The van der Waals surface area contributed by atoms with Crippen molar-refractivity contribution in [3.63, 3.8) is 0 Å². The van der Waals surface area contributed by atoms with E-state index in [-0.39, 0.29) is 6.61 Å². The number of hydrogen-bond donors (Lipinski definition) is 1. The quantitative estimate of drug-likeness (QED) is 0.414. The molecular formula is C26H25N7O2S. The number of rotatable bonds is 5. The van der Waals surface area contributed by atoms with E-state index in [1.165, 1.54) is 18.2 Å². The van der Waals surface area contributed by atoms with Gasteiger partial charge in [0.25, 0.3) is 0 Å². The SMILES string of the molecule is CN1CCCC(n2cc(-c3cc(Sc4ccccc4C#N)c4c(C#N)cnn4c3)cn2)C1.O=CCO. The predicted octanol–water partition coefficient (Wildman–Crippen LogP) is 3.54. The number of aliphatic hydroxyl groups is 1. The molecular weight excluding hydrogens is 474 g/mol. The fourth-order valence-electron chi connectivity index (χ4n) is 4.21. The first-order valence-corrected chi connectivity index (χ1v) is 12.3. The summed E-state index contributed by atoms with van der Waals surface area (Å²) in [7, 11) is 2.15. The van der Waals surface area contributed by atoms with E-state index in [0.717, 1.165) is 45.9 Å². The fraction of sp³-hybridized carbons (Fsp3) is 0.269. The van der Waals surface area contributed by atoms with Gasteiger partial charge >= 0.3 is 0 Å². The molecule has 4 aromatic rings. The molecule has 4 heterocycles. The number of benzene rings is 1. The number of aliphatic hydroxyl groups excluding tert-OH is 1. The average molecular weight is 500 g/mol. The van der Waals surface area contributed by atoms with Gasteiger partial charge in [0, 0.05) is 39.9 Å². The number of pyridine rings is 1. The van der Waals surface area contributed by atoms with Gasteiger partial charge < -0.3 is 14.8 Å². The second kappa shape index (κ2) is 11.6. The van der Waals surface area contributed by atoms with Gasteiger partial charge in [-0.15, -0.1) is 0 Å². The maximum absolute atomic E-state index is 9.59. The molecule has 1 aromatic carbocycles. The molecule has 0 amide bonds. The summed E-state index contributed by atoms with van der Waals surface area (Å²) in [6.45, 7) is 1.77. The lowest BCUT2D eigenvalue weighted by Gasteiger charge is -2.29. The number of likely N-dealkylation sites (tertiary alicyclic amines) is 1. The minimum absolute atomic E-state index is 0.361. The Morgan fingerprint density at radius 3 is 2.61 bits per heavy atom. The fourth-order valence-corrected chi connectivity index (χ4v) is 5.30. The molecule has 0 bridgehead atoms. The highest BCUT2D eigenvalue weighted by Gasteiger charge is 2.20. The summed E-state index contributed by atoms with van der Waals surface area (Å²) in [4.78, 5) is 13.0. The minimum Gasteiger partial charge on any atom is -0.389 e. The number of aldehydes is 1. The zero-order valence-corrected chi connectivity index (χ0v) is 20.6. The van der Waals surface area contributed by atoms with Gasteiger partial charge in [-0.05, 0) is 44.6 Å². The Kier molecular flexibility index (Phi) is 8.13. The maximum atomic E-state index is 9.59. The Labute approximate surface area is 213 Å². The Hall–Kier alpha value is -3.96. The molecule has 182 valence electrons. The van der Waals surface area contributed by atoms with Crippen molar-refractivity contribution in [1.82, 2.24) is 24.3 Å². The summed E-state index contributed by atoms with van der Waals surface area (Å²) in [5.74, 6) is 0. The molecule has 0 saturated carbocycles. The van der Waals surface area contributed by atoms with Crippen molar-refractivity contribution in [1.29, 1.82) is 10.5 Å². The summed E-state index contributed by atoms with van der Waals surface area (Å²) in [5.41, 5.74) is 3.83. The molecule has 1 saturated heterocycles. The van der Waals surface area contributed by atoms with Crippen LogP contribution in [-0.2, 0) is 4.79 Å². The predicted molar refractivity (Wildman–Crippen MR) is 135 cm³/mol. The van der Waals surface area contributed by atoms with Crippen LogP contribution in [0.15, 0.2) is 64.9 Å². The second-order valence-electron chi connectivity index (χ2n) is 8.38. The number of hydrogen-bond acceptors (Lipinski definition) is 8. The largest absolute Gasteiger partial charge is 0.389 e. The molecule has 0 aliphatic carbocycles. The smallest absolute Gasteiger partial charge is 0.145 e. The first kappa shape index (κ1) is 25.1. The number of nitrogens with zero attached hydrogens (tertiary/aromatic N) is 7. The van der Waals surface area contributed by atoms with Crippen LogP contribution in [0.3, 0.4) is 0 Å². The van der Waals surface area contributed by atoms with Crippen LogP contribution in [0.2, 0.25) is 0 Å².